The van der Waals surface area contributed by atoms with Gasteiger partial charge in [0.2, 0.25) is 5.95 Å². The lowest BCUT2D eigenvalue weighted by Gasteiger charge is -2.32. The van der Waals surface area contributed by atoms with Crippen molar-refractivity contribution in [3.63, 3.8) is 0 Å². The summed E-state index contributed by atoms with van der Waals surface area (Å²) >= 11 is 0. The molecule has 1 saturated heterocycles. The first-order valence-electron chi connectivity index (χ1n) is 10.9. The zero-order valence-corrected chi connectivity index (χ0v) is 19.3. The van der Waals surface area contributed by atoms with Crippen LogP contribution in [0.2, 0.25) is 0 Å². The summed E-state index contributed by atoms with van der Waals surface area (Å²) in [6.45, 7) is 5.77. The summed E-state index contributed by atoms with van der Waals surface area (Å²) in [5.41, 5.74) is 2.81. The SMILES string of the molecule is COc1cc(-n2cnc(Nc3nc(N4CCN(C)CC4)nn4cccc34)c2)cc(C)c1OC. The second-order valence-corrected chi connectivity index (χ2v) is 8.18. The monoisotopic (exact) mass is 448 g/mol. The number of benzene rings is 1. The number of hydrogen-bond donors (Lipinski definition) is 1. The molecule has 1 aromatic carbocycles. The Morgan fingerprint density at radius 2 is 1.88 bits per heavy atom. The zero-order valence-electron chi connectivity index (χ0n) is 19.3. The number of nitrogens with zero attached hydrogens (tertiary/aromatic N) is 7. The normalized spacial score (nSPS) is 14.6. The Balaban J connectivity index is 1.44. The van der Waals surface area contributed by atoms with Gasteiger partial charge in [-0.05, 0) is 37.7 Å². The Morgan fingerprint density at radius 1 is 1.06 bits per heavy atom. The fourth-order valence-electron chi connectivity index (χ4n) is 4.09. The highest BCUT2D eigenvalue weighted by molar-refractivity contribution is 5.73. The van der Waals surface area contributed by atoms with Gasteiger partial charge in [-0.15, -0.1) is 5.10 Å². The third kappa shape index (κ3) is 4.05. The van der Waals surface area contributed by atoms with E-state index in [1.165, 1.54) is 0 Å². The minimum absolute atomic E-state index is 0.679. The molecular weight excluding hydrogens is 420 g/mol. The van der Waals surface area contributed by atoms with E-state index in [0.29, 0.717) is 17.5 Å². The van der Waals surface area contributed by atoms with Gasteiger partial charge in [-0.1, -0.05) is 0 Å². The molecule has 10 heteroatoms. The highest BCUT2D eigenvalue weighted by atomic mass is 16.5. The maximum Gasteiger partial charge on any atom is 0.245 e. The molecule has 5 rings (SSSR count). The van der Waals surface area contributed by atoms with Crippen LogP contribution in [-0.2, 0) is 0 Å². The van der Waals surface area contributed by atoms with Gasteiger partial charge in [-0.25, -0.2) is 9.50 Å². The number of rotatable bonds is 6. The van der Waals surface area contributed by atoms with Crippen LogP contribution >= 0.6 is 0 Å². The molecule has 1 fully saturated rings. The maximum absolute atomic E-state index is 5.50. The number of fused-ring (bicyclic) bond motifs is 1. The van der Waals surface area contributed by atoms with E-state index in [4.69, 9.17) is 19.6 Å². The molecule has 0 bridgehead atoms. The number of likely N-dealkylation sites (N-methyl/N-ethyl adjacent to an activating group) is 1. The smallest absolute Gasteiger partial charge is 0.245 e. The van der Waals surface area contributed by atoms with Crippen molar-refractivity contribution in [3.8, 4) is 17.2 Å². The van der Waals surface area contributed by atoms with Gasteiger partial charge in [0, 0.05) is 38.4 Å². The minimum Gasteiger partial charge on any atom is -0.493 e. The number of hydrogen-bond acceptors (Lipinski definition) is 8. The first kappa shape index (κ1) is 21.1. The molecule has 0 amide bonds. The van der Waals surface area contributed by atoms with Crippen molar-refractivity contribution in [2.24, 2.45) is 0 Å². The summed E-state index contributed by atoms with van der Waals surface area (Å²) < 4.78 is 14.8. The summed E-state index contributed by atoms with van der Waals surface area (Å²) in [6, 6.07) is 7.92. The highest BCUT2D eigenvalue weighted by Gasteiger charge is 2.19. The fourth-order valence-corrected chi connectivity index (χ4v) is 4.09. The van der Waals surface area contributed by atoms with Crippen molar-refractivity contribution in [2.45, 2.75) is 6.92 Å². The average Bonchev–Trinajstić information content (AvgIpc) is 3.48. The molecule has 0 aliphatic carbocycles. The van der Waals surface area contributed by atoms with Crippen LogP contribution in [0.3, 0.4) is 0 Å². The minimum atomic E-state index is 0.679. The van der Waals surface area contributed by atoms with Gasteiger partial charge in [0.1, 0.15) is 17.7 Å². The van der Waals surface area contributed by atoms with Crippen LogP contribution in [0.5, 0.6) is 11.5 Å². The van der Waals surface area contributed by atoms with E-state index < -0.39 is 0 Å². The molecule has 10 nitrogen and oxygen atoms in total. The van der Waals surface area contributed by atoms with E-state index in [0.717, 1.165) is 54.5 Å². The van der Waals surface area contributed by atoms with Crippen molar-refractivity contribution < 1.29 is 9.47 Å². The summed E-state index contributed by atoms with van der Waals surface area (Å²) in [7, 11) is 5.42. The number of methoxy groups -OCH3 is 2. The molecule has 172 valence electrons. The average molecular weight is 449 g/mol. The number of imidazole rings is 1. The fraction of sp³-hybridized carbons (Fsp3) is 0.348. The van der Waals surface area contributed by atoms with Crippen LogP contribution in [0.1, 0.15) is 5.56 Å². The van der Waals surface area contributed by atoms with Crippen molar-refractivity contribution in [3.05, 3.63) is 48.5 Å². The first-order valence-corrected chi connectivity index (χ1v) is 10.9. The van der Waals surface area contributed by atoms with Gasteiger partial charge in [0.05, 0.1) is 26.1 Å². The Labute approximate surface area is 192 Å². The molecular formula is C23H28N8O2. The second-order valence-electron chi connectivity index (χ2n) is 8.18. The molecule has 4 aromatic rings. The van der Waals surface area contributed by atoms with Crippen molar-refractivity contribution in [1.29, 1.82) is 0 Å². The third-order valence-electron chi connectivity index (χ3n) is 5.94. The quantitative estimate of drug-likeness (QED) is 0.482. The maximum atomic E-state index is 5.50. The van der Waals surface area contributed by atoms with E-state index in [2.05, 4.69) is 27.1 Å². The van der Waals surface area contributed by atoms with E-state index >= 15 is 0 Å². The summed E-state index contributed by atoms with van der Waals surface area (Å²) in [4.78, 5) is 13.9. The van der Waals surface area contributed by atoms with Crippen LogP contribution < -0.4 is 19.7 Å². The van der Waals surface area contributed by atoms with Gasteiger partial charge < -0.3 is 29.2 Å². The van der Waals surface area contributed by atoms with Crippen LogP contribution in [0.15, 0.2) is 43.0 Å². The number of anilines is 3. The van der Waals surface area contributed by atoms with Crippen LogP contribution in [0.4, 0.5) is 17.6 Å². The molecule has 33 heavy (non-hydrogen) atoms. The standard InChI is InChI=1S/C23H28N8O2/c1-16-12-17(13-19(32-3)21(16)33-4)30-14-20(24-15-30)25-22-18-6-5-7-31(18)27-23(26-22)29-10-8-28(2)9-11-29/h5-7,12-15H,8-11H2,1-4H3,(H,25,26,27). The summed E-state index contributed by atoms with van der Waals surface area (Å²) in [6.07, 6.45) is 5.63. The lowest BCUT2D eigenvalue weighted by Crippen LogP contribution is -2.45. The molecule has 0 atom stereocenters. The Hall–Kier alpha value is -3.79. The van der Waals surface area contributed by atoms with Crippen LogP contribution in [-0.4, -0.2) is 76.5 Å². The Morgan fingerprint density at radius 3 is 2.64 bits per heavy atom. The molecule has 0 spiro atoms. The number of ether oxygens (including phenoxy) is 2. The van der Waals surface area contributed by atoms with Crippen molar-refractivity contribution in [1.82, 2.24) is 29.0 Å². The number of piperazine rings is 1. The number of aryl methyl sites for hydroxylation is 1. The topological polar surface area (TPSA) is 85.0 Å². The Kier molecular flexibility index (Phi) is 5.51. The summed E-state index contributed by atoms with van der Waals surface area (Å²) in [5, 5.41) is 8.09. The third-order valence-corrected chi connectivity index (χ3v) is 5.94. The largest absolute Gasteiger partial charge is 0.493 e. The van der Waals surface area contributed by atoms with Crippen LogP contribution in [0, 0.1) is 6.92 Å². The second kappa shape index (κ2) is 8.62. The zero-order chi connectivity index (χ0) is 22.9. The van der Waals surface area contributed by atoms with Crippen LogP contribution in [0.25, 0.3) is 11.2 Å². The van der Waals surface area contributed by atoms with Gasteiger partial charge in [0.25, 0.3) is 0 Å². The molecule has 0 radical (unpaired) electrons. The van der Waals surface area contributed by atoms with Crippen molar-refractivity contribution >= 4 is 23.1 Å². The summed E-state index contributed by atoms with van der Waals surface area (Å²) in [5.74, 6) is 3.53. The molecule has 1 aliphatic rings. The van der Waals surface area contributed by atoms with E-state index in [-0.39, 0.29) is 0 Å². The molecule has 4 heterocycles. The van der Waals surface area contributed by atoms with E-state index in [1.807, 2.05) is 52.7 Å². The highest BCUT2D eigenvalue weighted by Crippen LogP contribution is 2.33. The van der Waals surface area contributed by atoms with Gasteiger partial charge >= 0.3 is 0 Å². The predicted octanol–water partition coefficient (Wildman–Crippen LogP) is 2.74. The molecule has 3 aromatic heterocycles. The van der Waals surface area contributed by atoms with Gasteiger partial charge in [-0.3, -0.25) is 0 Å². The first-order chi connectivity index (χ1) is 16.1. The lowest BCUT2D eigenvalue weighted by molar-refractivity contribution is 0.310. The van der Waals surface area contributed by atoms with E-state index in [9.17, 15) is 0 Å². The predicted molar refractivity (Wildman–Crippen MR) is 127 cm³/mol. The molecule has 1 aliphatic heterocycles. The van der Waals surface area contributed by atoms with Gasteiger partial charge in [-0.2, -0.15) is 4.98 Å². The molecule has 0 unspecified atom stereocenters. The Bertz CT molecular complexity index is 1270. The number of nitrogens with one attached hydrogen (secondary N) is 1. The number of aromatic nitrogens is 5. The van der Waals surface area contributed by atoms with Crippen molar-refractivity contribution in [2.75, 3.05) is 57.7 Å². The lowest BCUT2D eigenvalue weighted by atomic mass is 10.2. The van der Waals surface area contributed by atoms with E-state index in [1.54, 1.807) is 20.5 Å². The van der Waals surface area contributed by atoms with Gasteiger partial charge in [0.15, 0.2) is 17.3 Å². The molecule has 0 saturated carbocycles. The molecule has 1 N–H and O–H groups in total.